The molecule has 0 unspecified atom stereocenters. The molecule has 0 bridgehead atoms. The van der Waals surface area contributed by atoms with E-state index >= 15 is 0 Å². The Morgan fingerprint density at radius 1 is 1.14 bits per heavy atom. The van der Waals surface area contributed by atoms with Gasteiger partial charge in [0.15, 0.2) is 0 Å². The molecule has 0 aliphatic carbocycles. The number of hydrogen-bond acceptors (Lipinski definition) is 4. The average molecular weight is 378 g/mol. The van der Waals surface area contributed by atoms with E-state index in [1.54, 1.807) is 35.2 Å². The van der Waals surface area contributed by atoms with Crippen molar-refractivity contribution in [1.82, 2.24) is 14.7 Å². The lowest BCUT2D eigenvalue weighted by Gasteiger charge is -2.31. The quantitative estimate of drug-likeness (QED) is 0.756. The molecule has 7 heteroatoms. The minimum Gasteiger partial charge on any atom is -0.464 e. The van der Waals surface area contributed by atoms with Crippen molar-refractivity contribution < 1.29 is 14.0 Å². The smallest absolute Gasteiger partial charge is 0.272 e. The van der Waals surface area contributed by atoms with Crippen molar-refractivity contribution in [2.75, 3.05) is 18.4 Å². The lowest BCUT2D eigenvalue weighted by atomic mass is 9.95. The van der Waals surface area contributed by atoms with Gasteiger partial charge in [0, 0.05) is 43.5 Å². The Hall–Kier alpha value is -3.35. The molecular weight excluding hydrogens is 356 g/mol. The van der Waals surface area contributed by atoms with Gasteiger partial charge in [0.2, 0.25) is 5.91 Å². The third-order valence-electron chi connectivity index (χ3n) is 5.13. The summed E-state index contributed by atoms with van der Waals surface area (Å²) in [5, 5.41) is 7.04. The van der Waals surface area contributed by atoms with Crippen molar-refractivity contribution in [2.45, 2.75) is 12.8 Å². The molecule has 1 aromatic carbocycles. The average Bonchev–Trinajstić information content (AvgIpc) is 3.40. The van der Waals surface area contributed by atoms with Crippen LogP contribution in [-0.2, 0) is 11.8 Å². The summed E-state index contributed by atoms with van der Waals surface area (Å²) in [5.74, 6) is 0.607. The van der Waals surface area contributed by atoms with Crippen LogP contribution in [0.4, 0.5) is 5.69 Å². The second kappa shape index (κ2) is 7.72. The van der Waals surface area contributed by atoms with Crippen LogP contribution in [0.2, 0.25) is 0 Å². The van der Waals surface area contributed by atoms with Gasteiger partial charge in [-0.15, -0.1) is 0 Å². The van der Waals surface area contributed by atoms with E-state index in [1.807, 2.05) is 36.4 Å². The summed E-state index contributed by atoms with van der Waals surface area (Å²) < 4.78 is 6.99. The first kappa shape index (κ1) is 18.0. The van der Waals surface area contributed by atoms with Crippen LogP contribution in [-0.4, -0.2) is 39.6 Å². The van der Waals surface area contributed by atoms with Crippen LogP contribution in [0.3, 0.4) is 0 Å². The molecule has 2 amide bonds. The number of nitrogens with one attached hydrogen (secondary N) is 1. The maximum atomic E-state index is 12.7. The largest absolute Gasteiger partial charge is 0.464 e. The first-order valence-corrected chi connectivity index (χ1v) is 9.34. The summed E-state index contributed by atoms with van der Waals surface area (Å²) in [5.41, 5.74) is 2.23. The summed E-state index contributed by atoms with van der Waals surface area (Å²) in [6.45, 7) is 1.13. The molecule has 0 radical (unpaired) electrons. The van der Waals surface area contributed by atoms with E-state index in [2.05, 4.69) is 10.4 Å². The number of anilines is 1. The Balaban J connectivity index is 1.35. The predicted molar refractivity (Wildman–Crippen MR) is 105 cm³/mol. The summed E-state index contributed by atoms with van der Waals surface area (Å²) in [6, 6.07) is 13.0. The highest BCUT2D eigenvalue weighted by Gasteiger charge is 2.28. The molecule has 7 nitrogen and oxygen atoms in total. The fourth-order valence-electron chi connectivity index (χ4n) is 3.53. The Kier molecular flexibility index (Phi) is 4.97. The highest BCUT2D eigenvalue weighted by Crippen LogP contribution is 2.25. The van der Waals surface area contributed by atoms with E-state index in [0.717, 1.165) is 17.0 Å². The van der Waals surface area contributed by atoms with Crippen LogP contribution in [0.15, 0.2) is 59.3 Å². The molecule has 1 aliphatic heterocycles. The molecule has 1 fully saturated rings. The van der Waals surface area contributed by atoms with Gasteiger partial charge in [-0.25, -0.2) is 0 Å². The molecular formula is C21H22N4O3. The van der Waals surface area contributed by atoms with Gasteiger partial charge in [0.05, 0.1) is 6.26 Å². The van der Waals surface area contributed by atoms with E-state index < -0.39 is 0 Å². The maximum Gasteiger partial charge on any atom is 0.272 e. The van der Waals surface area contributed by atoms with Crippen LogP contribution in [0.5, 0.6) is 0 Å². The van der Waals surface area contributed by atoms with Gasteiger partial charge in [0.25, 0.3) is 5.91 Å². The van der Waals surface area contributed by atoms with Crippen LogP contribution >= 0.6 is 0 Å². The SMILES string of the molecule is Cn1nccc1C(=O)N1CCC(C(=O)Nc2cccc(-c3ccco3)c2)CC1. The molecule has 144 valence electrons. The highest BCUT2D eigenvalue weighted by molar-refractivity contribution is 5.94. The van der Waals surface area contributed by atoms with Crippen LogP contribution in [0.1, 0.15) is 23.3 Å². The molecule has 28 heavy (non-hydrogen) atoms. The Morgan fingerprint density at radius 3 is 2.64 bits per heavy atom. The third kappa shape index (κ3) is 3.69. The topological polar surface area (TPSA) is 80.4 Å². The number of hydrogen-bond donors (Lipinski definition) is 1. The fourth-order valence-corrected chi connectivity index (χ4v) is 3.53. The second-order valence-corrected chi connectivity index (χ2v) is 6.95. The van der Waals surface area contributed by atoms with Crippen molar-refractivity contribution >= 4 is 17.5 Å². The lowest BCUT2D eigenvalue weighted by molar-refractivity contribution is -0.121. The van der Waals surface area contributed by atoms with Crippen molar-refractivity contribution in [1.29, 1.82) is 0 Å². The van der Waals surface area contributed by atoms with Gasteiger partial charge in [-0.1, -0.05) is 12.1 Å². The Morgan fingerprint density at radius 2 is 1.96 bits per heavy atom. The van der Waals surface area contributed by atoms with Gasteiger partial charge in [-0.3, -0.25) is 14.3 Å². The predicted octanol–water partition coefficient (Wildman–Crippen LogP) is 3.17. The number of rotatable bonds is 4. The van der Waals surface area contributed by atoms with Crippen molar-refractivity contribution in [3.63, 3.8) is 0 Å². The standard InChI is InChI=1S/C21H22N4O3/c1-24-18(7-10-22-24)21(27)25-11-8-15(9-12-25)20(26)23-17-5-2-4-16(14-17)19-6-3-13-28-19/h2-7,10,13-15H,8-9,11-12H2,1H3,(H,23,26). The number of carbonyl (C=O) groups excluding carboxylic acids is 2. The van der Waals surface area contributed by atoms with E-state index in [-0.39, 0.29) is 17.7 Å². The number of carbonyl (C=O) groups is 2. The van der Waals surface area contributed by atoms with Gasteiger partial charge < -0.3 is 14.6 Å². The van der Waals surface area contributed by atoms with E-state index in [0.29, 0.717) is 31.6 Å². The third-order valence-corrected chi connectivity index (χ3v) is 5.13. The number of piperidine rings is 1. The number of nitrogens with zero attached hydrogens (tertiary/aromatic N) is 3. The van der Waals surface area contributed by atoms with Crippen molar-refractivity contribution in [3.05, 3.63) is 60.6 Å². The zero-order valence-electron chi connectivity index (χ0n) is 15.7. The minimum atomic E-state index is -0.108. The van der Waals surface area contributed by atoms with Gasteiger partial charge in [0.1, 0.15) is 11.5 Å². The highest BCUT2D eigenvalue weighted by atomic mass is 16.3. The van der Waals surface area contributed by atoms with Gasteiger partial charge >= 0.3 is 0 Å². The van der Waals surface area contributed by atoms with E-state index in [4.69, 9.17) is 4.42 Å². The fraction of sp³-hybridized carbons (Fsp3) is 0.286. The molecule has 4 rings (SSSR count). The molecule has 0 saturated carbocycles. The molecule has 0 spiro atoms. The summed E-state index contributed by atoms with van der Waals surface area (Å²) in [6.07, 6.45) is 4.53. The summed E-state index contributed by atoms with van der Waals surface area (Å²) in [4.78, 5) is 27.0. The number of likely N-dealkylation sites (tertiary alicyclic amines) is 1. The summed E-state index contributed by atoms with van der Waals surface area (Å²) in [7, 11) is 1.75. The molecule has 1 aliphatic rings. The number of benzene rings is 1. The summed E-state index contributed by atoms with van der Waals surface area (Å²) >= 11 is 0. The number of amides is 2. The number of furan rings is 1. The minimum absolute atomic E-state index is 0.00997. The van der Waals surface area contributed by atoms with Crippen LogP contribution < -0.4 is 5.32 Å². The molecule has 2 aromatic heterocycles. The molecule has 3 heterocycles. The van der Waals surface area contributed by atoms with Gasteiger partial charge in [-0.2, -0.15) is 5.10 Å². The van der Waals surface area contributed by atoms with Crippen LogP contribution in [0, 0.1) is 5.92 Å². The lowest BCUT2D eigenvalue weighted by Crippen LogP contribution is -2.42. The van der Waals surface area contributed by atoms with E-state index in [9.17, 15) is 9.59 Å². The molecule has 1 N–H and O–H groups in total. The molecule has 1 saturated heterocycles. The van der Waals surface area contributed by atoms with Crippen molar-refractivity contribution in [3.8, 4) is 11.3 Å². The Bertz CT molecular complexity index is 969. The van der Waals surface area contributed by atoms with Crippen LogP contribution in [0.25, 0.3) is 11.3 Å². The second-order valence-electron chi connectivity index (χ2n) is 6.95. The first-order valence-electron chi connectivity index (χ1n) is 9.34. The monoisotopic (exact) mass is 378 g/mol. The number of aromatic nitrogens is 2. The Labute approximate surface area is 162 Å². The first-order chi connectivity index (χ1) is 13.6. The number of aryl methyl sites for hydroxylation is 1. The van der Waals surface area contributed by atoms with Crippen molar-refractivity contribution in [2.24, 2.45) is 13.0 Å². The zero-order chi connectivity index (χ0) is 19.5. The van der Waals surface area contributed by atoms with E-state index in [1.165, 1.54) is 0 Å². The van der Waals surface area contributed by atoms with Gasteiger partial charge in [-0.05, 0) is 43.2 Å². The normalized spacial score (nSPS) is 14.8. The zero-order valence-corrected chi connectivity index (χ0v) is 15.7. The molecule has 3 aromatic rings. The maximum absolute atomic E-state index is 12.7. The molecule has 0 atom stereocenters.